The van der Waals surface area contributed by atoms with Crippen LogP contribution in [0.2, 0.25) is 0 Å². The minimum atomic E-state index is -0.594. The molecule has 0 bridgehead atoms. The summed E-state index contributed by atoms with van der Waals surface area (Å²) in [6.45, 7) is 2.02. The predicted molar refractivity (Wildman–Crippen MR) is 60.5 cm³/mol. The average molecular weight is 221 g/mol. The zero-order valence-electron chi connectivity index (χ0n) is 8.86. The molecule has 0 aromatic carbocycles. The lowest BCUT2D eigenvalue weighted by atomic mass is 9.81. The van der Waals surface area contributed by atoms with E-state index in [4.69, 9.17) is 0 Å². The van der Waals surface area contributed by atoms with Gasteiger partial charge < -0.3 is 5.11 Å². The molecule has 2 nitrogen and oxygen atoms in total. The van der Waals surface area contributed by atoms with Crippen molar-refractivity contribution in [3.05, 3.63) is 21.9 Å². The van der Waals surface area contributed by atoms with Gasteiger partial charge in [-0.3, -0.25) is 0 Å². The number of aryl methyl sites for hydroxylation is 1. The van der Waals surface area contributed by atoms with Gasteiger partial charge in [0.2, 0.25) is 0 Å². The highest BCUT2D eigenvalue weighted by atomic mass is 32.1. The molecule has 1 atom stereocenters. The van der Waals surface area contributed by atoms with Gasteiger partial charge in [0.05, 0.1) is 11.5 Å². The first-order valence-electron chi connectivity index (χ1n) is 5.34. The van der Waals surface area contributed by atoms with Crippen molar-refractivity contribution >= 4 is 11.3 Å². The number of hydrogen-bond donors (Lipinski definition) is 1. The van der Waals surface area contributed by atoms with Crippen molar-refractivity contribution in [3.63, 3.8) is 0 Å². The molecule has 0 aliphatic heterocycles. The van der Waals surface area contributed by atoms with Crippen LogP contribution >= 0.6 is 11.3 Å². The van der Waals surface area contributed by atoms with E-state index < -0.39 is 11.5 Å². The van der Waals surface area contributed by atoms with E-state index in [0.29, 0.717) is 0 Å². The summed E-state index contributed by atoms with van der Waals surface area (Å²) in [4.78, 5) is 2.13. The van der Waals surface area contributed by atoms with Crippen molar-refractivity contribution < 1.29 is 5.11 Å². The molecule has 2 rings (SSSR count). The first kappa shape index (κ1) is 10.7. The fraction of sp³-hybridized carbons (Fsp3) is 0.583. The van der Waals surface area contributed by atoms with Gasteiger partial charge in [0.25, 0.3) is 0 Å². The summed E-state index contributed by atoms with van der Waals surface area (Å²) in [6.07, 6.45) is 3.20. The van der Waals surface area contributed by atoms with Crippen LogP contribution in [0.1, 0.15) is 41.5 Å². The van der Waals surface area contributed by atoms with Crippen LogP contribution in [0.25, 0.3) is 0 Å². The molecule has 0 amide bonds. The molecule has 1 unspecified atom stereocenters. The number of nitrogens with zero attached hydrogens (tertiary/aromatic N) is 1. The zero-order valence-corrected chi connectivity index (χ0v) is 9.68. The van der Waals surface area contributed by atoms with Gasteiger partial charge in [-0.2, -0.15) is 5.26 Å². The standard InChI is InChI=1S/C12H15NOS/c1-9-4-5-10(15-9)11(14)12(8-13)6-2-3-7-12/h4-5,11,14H,2-3,6-7H2,1H3. The molecule has 1 aromatic heterocycles. The van der Waals surface area contributed by atoms with E-state index in [-0.39, 0.29) is 0 Å². The fourth-order valence-electron chi connectivity index (χ4n) is 2.32. The number of hydrogen-bond acceptors (Lipinski definition) is 3. The highest BCUT2D eigenvalue weighted by Crippen LogP contribution is 2.48. The van der Waals surface area contributed by atoms with E-state index in [1.807, 2.05) is 19.1 Å². The SMILES string of the molecule is Cc1ccc(C(O)C2(C#N)CCCC2)s1. The van der Waals surface area contributed by atoms with Gasteiger partial charge in [0.15, 0.2) is 0 Å². The maximum absolute atomic E-state index is 10.3. The van der Waals surface area contributed by atoms with Crippen molar-refractivity contribution in [2.75, 3.05) is 0 Å². The van der Waals surface area contributed by atoms with Gasteiger partial charge in [-0.05, 0) is 31.9 Å². The Labute approximate surface area is 94.2 Å². The van der Waals surface area contributed by atoms with E-state index in [1.165, 1.54) is 4.88 Å². The van der Waals surface area contributed by atoms with Gasteiger partial charge in [0.1, 0.15) is 6.10 Å². The molecule has 80 valence electrons. The van der Waals surface area contributed by atoms with Crippen molar-refractivity contribution in [3.8, 4) is 6.07 Å². The zero-order chi connectivity index (χ0) is 10.9. The second-order valence-electron chi connectivity index (χ2n) is 4.33. The third-order valence-electron chi connectivity index (χ3n) is 3.27. The number of aliphatic hydroxyl groups is 1. The summed E-state index contributed by atoms with van der Waals surface area (Å²) < 4.78 is 0. The second kappa shape index (κ2) is 3.96. The minimum Gasteiger partial charge on any atom is -0.386 e. The summed E-state index contributed by atoms with van der Waals surface area (Å²) in [5.74, 6) is 0. The van der Waals surface area contributed by atoms with E-state index in [1.54, 1.807) is 11.3 Å². The van der Waals surface area contributed by atoms with Crippen LogP contribution in [-0.2, 0) is 0 Å². The lowest BCUT2D eigenvalue weighted by Crippen LogP contribution is -2.23. The van der Waals surface area contributed by atoms with Gasteiger partial charge in [-0.15, -0.1) is 11.3 Å². The first-order valence-corrected chi connectivity index (χ1v) is 6.15. The second-order valence-corrected chi connectivity index (χ2v) is 5.65. The maximum atomic E-state index is 10.3. The lowest BCUT2D eigenvalue weighted by Gasteiger charge is -2.25. The van der Waals surface area contributed by atoms with Gasteiger partial charge in [-0.1, -0.05) is 12.8 Å². The van der Waals surface area contributed by atoms with Crippen LogP contribution in [0.15, 0.2) is 12.1 Å². The minimum absolute atomic E-state index is 0.517. The number of thiophene rings is 1. The van der Waals surface area contributed by atoms with E-state index in [2.05, 4.69) is 6.07 Å². The molecule has 1 aliphatic rings. The predicted octanol–water partition coefficient (Wildman–Crippen LogP) is 3.17. The van der Waals surface area contributed by atoms with Gasteiger partial charge >= 0.3 is 0 Å². The lowest BCUT2D eigenvalue weighted by molar-refractivity contribution is 0.0702. The molecule has 1 aromatic rings. The Hall–Kier alpha value is -0.850. The van der Waals surface area contributed by atoms with Crippen LogP contribution in [0.4, 0.5) is 0 Å². The number of rotatable bonds is 2. The molecule has 1 N–H and O–H groups in total. The van der Waals surface area contributed by atoms with Crippen molar-refractivity contribution in [2.45, 2.75) is 38.7 Å². The summed E-state index contributed by atoms with van der Waals surface area (Å²) in [5.41, 5.74) is -0.517. The monoisotopic (exact) mass is 221 g/mol. The molecule has 15 heavy (non-hydrogen) atoms. The Kier molecular flexibility index (Phi) is 2.81. The first-order chi connectivity index (χ1) is 7.18. The van der Waals surface area contributed by atoms with Crippen molar-refractivity contribution in [1.29, 1.82) is 5.26 Å². The Morgan fingerprint density at radius 2 is 2.13 bits per heavy atom. The Bertz CT molecular complexity index is 385. The van der Waals surface area contributed by atoms with E-state index in [9.17, 15) is 10.4 Å². The molecule has 1 aliphatic carbocycles. The Morgan fingerprint density at radius 3 is 2.60 bits per heavy atom. The molecular formula is C12H15NOS. The highest BCUT2D eigenvalue weighted by Gasteiger charge is 2.42. The molecule has 1 saturated carbocycles. The smallest absolute Gasteiger partial charge is 0.107 e. The van der Waals surface area contributed by atoms with Gasteiger partial charge in [-0.25, -0.2) is 0 Å². The Morgan fingerprint density at radius 1 is 1.47 bits per heavy atom. The molecule has 1 heterocycles. The molecule has 1 fully saturated rings. The number of nitriles is 1. The summed E-state index contributed by atoms with van der Waals surface area (Å²) in [7, 11) is 0. The van der Waals surface area contributed by atoms with Crippen molar-refractivity contribution in [2.24, 2.45) is 5.41 Å². The Balaban J connectivity index is 2.26. The number of aliphatic hydroxyl groups excluding tert-OH is 1. The molecule has 0 spiro atoms. The third-order valence-corrected chi connectivity index (χ3v) is 4.33. The molecular weight excluding hydrogens is 206 g/mol. The van der Waals surface area contributed by atoms with Crippen LogP contribution in [0.3, 0.4) is 0 Å². The topological polar surface area (TPSA) is 44.0 Å². The molecule has 3 heteroatoms. The third kappa shape index (κ3) is 1.80. The van der Waals surface area contributed by atoms with Gasteiger partial charge in [0, 0.05) is 9.75 Å². The van der Waals surface area contributed by atoms with Crippen LogP contribution in [0, 0.1) is 23.7 Å². The normalized spacial score (nSPS) is 21.1. The van der Waals surface area contributed by atoms with Crippen LogP contribution < -0.4 is 0 Å². The molecule has 0 radical (unpaired) electrons. The van der Waals surface area contributed by atoms with Crippen LogP contribution in [0.5, 0.6) is 0 Å². The fourth-order valence-corrected chi connectivity index (χ4v) is 3.31. The average Bonchev–Trinajstić information content (AvgIpc) is 2.86. The summed E-state index contributed by atoms with van der Waals surface area (Å²) in [5, 5.41) is 19.5. The summed E-state index contributed by atoms with van der Waals surface area (Å²) >= 11 is 1.60. The quantitative estimate of drug-likeness (QED) is 0.833. The van der Waals surface area contributed by atoms with E-state index >= 15 is 0 Å². The maximum Gasteiger partial charge on any atom is 0.107 e. The van der Waals surface area contributed by atoms with Crippen LogP contribution in [-0.4, -0.2) is 5.11 Å². The highest BCUT2D eigenvalue weighted by molar-refractivity contribution is 7.12. The van der Waals surface area contributed by atoms with E-state index in [0.717, 1.165) is 30.6 Å². The largest absolute Gasteiger partial charge is 0.386 e. The summed E-state index contributed by atoms with van der Waals surface area (Å²) in [6, 6.07) is 6.29. The molecule has 0 saturated heterocycles. The van der Waals surface area contributed by atoms with Crippen molar-refractivity contribution in [1.82, 2.24) is 0 Å².